The molecule has 4 nitrogen and oxygen atoms in total. The van der Waals surface area contributed by atoms with Crippen molar-refractivity contribution in [2.75, 3.05) is 5.73 Å². The molecule has 0 aliphatic carbocycles. The lowest BCUT2D eigenvalue weighted by Gasteiger charge is -2.09. The van der Waals surface area contributed by atoms with Crippen LogP contribution in [-0.2, 0) is 16.6 Å². The number of benzene rings is 2. The summed E-state index contributed by atoms with van der Waals surface area (Å²) in [4.78, 5) is 11.4. The van der Waals surface area contributed by atoms with Crippen molar-refractivity contribution in [2.24, 2.45) is 5.73 Å². The van der Waals surface area contributed by atoms with Gasteiger partial charge in [-0.1, -0.05) is 18.2 Å². The van der Waals surface area contributed by atoms with Gasteiger partial charge in [0.1, 0.15) is 5.82 Å². The van der Waals surface area contributed by atoms with E-state index in [1.165, 1.54) is 12.1 Å². The van der Waals surface area contributed by atoms with Gasteiger partial charge in [-0.2, -0.15) is 0 Å². The molecule has 0 fully saturated rings. The minimum atomic E-state index is -1.47. The summed E-state index contributed by atoms with van der Waals surface area (Å²) in [7, 11) is -1.47. The zero-order valence-electron chi connectivity index (χ0n) is 11.4. The lowest BCUT2D eigenvalue weighted by molar-refractivity contribution is 0.1000. The predicted molar refractivity (Wildman–Crippen MR) is 80.6 cm³/mol. The fraction of sp³-hybridized carbons (Fsp3) is 0.133. The Hall–Kier alpha value is -2.21. The number of rotatable bonds is 4. The Kier molecular flexibility index (Phi) is 4.37. The number of primary amides is 1. The van der Waals surface area contributed by atoms with Crippen LogP contribution in [0.1, 0.15) is 21.5 Å². The second kappa shape index (κ2) is 6.05. The number of para-hydroxylation sites is 1. The molecule has 1 atom stereocenters. The number of aryl methyl sites for hydroxylation is 1. The lowest BCUT2D eigenvalue weighted by atomic mass is 10.1. The first-order valence-electron chi connectivity index (χ1n) is 6.22. The first kappa shape index (κ1) is 15.2. The third-order valence-electron chi connectivity index (χ3n) is 3.15. The van der Waals surface area contributed by atoms with Gasteiger partial charge in [0.05, 0.1) is 27.1 Å². The number of carbonyl (C=O) groups is 1. The van der Waals surface area contributed by atoms with Crippen LogP contribution in [0.2, 0.25) is 0 Å². The molecular formula is C15H15FN2O2S. The number of nitrogens with two attached hydrogens (primary N) is 2. The molecule has 0 saturated carbocycles. The van der Waals surface area contributed by atoms with Crippen LogP contribution in [0.3, 0.4) is 0 Å². The monoisotopic (exact) mass is 306 g/mol. The van der Waals surface area contributed by atoms with Crippen molar-refractivity contribution >= 4 is 22.4 Å². The summed E-state index contributed by atoms with van der Waals surface area (Å²) >= 11 is 0. The van der Waals surface area contributed by atoms with Crippen molar-refractivity contribution in [3.8, 4) is 0 Å². The van der Waals surface area contributed by atoms with Gasteiger partial charge in [-0.25, -0.2) is 4.39 Å². The van der Waals surface area contributed by atoms with Crippen LogP contribution in [0.15, 0.2) is 41.3 Å². The van der Waals surface area contributed by atoms with Crippen LogP contribution in [0.25, 0.3) is 0 Å². The van der Waals surface area contributed by atoms with Crippen molar-refractivity contribution in [3.63, 3.8) is 0 Å². The number of carbonyl (C=O) groups excluding carboxylic acids is 1. The average molecular weight is 306 g/mol. The van der Waals surface area contributed by atoms with Gasteiger partial charge in [-0.15, -0.1) is 0 Å². The highest BCUT2D eigenvalue weighted by Gasteiger charge is 2.14. The van der Waals surface area contributed by atoms with E-state index in [0.717, 1.165) is 11.6 Å². The van der Waals surface area contributed by atoms with Crippen LogP contribution in [0.4, 0.5) is 10.1 Å². The molecule has 110 valence electrons. The molecule has 6 heteroatoms. The maximum atomic E-state index is 13.9. The molecule has 21 heavy (non-hydrogen) atoms. The molecule has 0 aliphatic rings. The highest BCUT2D eigenvalue weighted by molar-refractivity contribution is 7.84. The summed E-state index contributed by atoms with van der Waals surface area (Å²) in [5.74, 6) is -1.33. The zero-order valence-corrected chi connectivity index (χ0v) is 12.2. The second-order valence-corrected chi connectivity index (χ2v) is 6.07. The van der Waals surface area contributed by atoms with Crippen LogP contribution in [0, 0.1) is 12.7 Å². The van der Waals surface area contributed by atoms with Crippen LogP contribution >= 0.6 is 0 Å². The summed E-state index contributed by atoms with van der Waals surface area (Å²) in [6.45, 7) is 1.82. The molecule has 0 spiro atoms. The molecule has 0 bridgehead atoms. The fourth-order valence-corrected chi connectivity index (χ4v) is 3.20. The lowest BCUT2D eigenvalue weighted by Crippen LogP contribution is -2.12. The SMILES string of the molecule is Cc1cccc(S(=O)Cc2ccc(C(N)=O)cc2F)c1N. The van der Waals surface area contributed by atoms with Gasteiger partial charge >= 0.3 is 0 Å². The van der Waals surface area contributed by atoms with Gasteiger partial charge in [-0.3, -0.25) is 9.00 Å². The van der Waals surface area contributed by atoms with Crippen molar-refractivity contribution in [2.45, 2.75) is 17.6 Å². The van der Waals surface area contributed by atoms with Crippen LogP contribution < -0.4 is 11.5 Å². The Morgan fingerprint density at radius 1 is 1.29 bits per heavy atom. The van der Waals surface area contributed by atoms with Crippen LogP contribution in [0.5, 0.6) is 0 Å². The molecule has 0 heterocycles. The van der Waals surface area contributed by atoms with E-state index >= 15 is 0 Å². The van der Waals surface area contributed by atoms with Gasteiger partial charge in [0.15, 0.2) is 0 Å². The quantitative estimate of drug-likeness (QED) is 0.848. The molecule has 0 radical (unpaired) electrons. The number of hydrogen-bond acceptors (Lipinski definition) is 3. The first-order chi connectivity index (χ1) is 9.90. The third kappa shape index (κ3) is 3.28. The minimum absolute atomic E-state index is 0.0153. The number of anilines is 1. The van der Waals surface area contributed by atoms with E-state index in [9.17, 15) is 13.4 Å². The summed E-state index contributed by atoms with van der Waals surface area (Å²) in [5, 5.41) is 0. The third-order valence-corrected chi connectivity index (χ3v) is 4.57. The molecule has 4 N–H and O–H groups in total. The summed E-state index contributed by atoms with van der Waals surface area (Å²) in [5.41, 5.74) is 12.6. The maximum absolute atomic E-state index is 13.9. The standard InChI is InChI=1S/C15H15FN2O2S/c1-9-3-2-4-13(14(9)17)21(20)8-11-6-5-10(15(18)19)7-12(11)16/h2-7H,8,17H2,1H3,(H2,18,19). The number of halogens is 1. The fourth-order valence-electron chi connectivity index (χ4n) is 1.89. The number of hydrogen-bond donors (Lipinski definition) is 2. The molecule has 2 rings (SSSR count). The second-order valence-electron chi connectivity index (χ2n) is 4.65. The average Bonchev–Trinajstić information content (AvgIpc) is 2.43. The van der Waals surface area contributed by atoms with E-state index in [1.54, 1.807) is 12.1 Å². The smallest absolute Gasteiger partial charge is 0.248 e. The van der Waals surface area contributed by atoms with Gasteiger partial charge in [0.2, 0.25) is 5.91 Å². The molecule has 0 aromatic heterocycles. The number of nitrogen functional groups attached to an aromatic ring is 1. The normalized spacial score (nSPS) is 12.1. The van der Waals surface area contributed by atoms with E-state index < -0.39 is 22.5 Å². The minimum Gasteiger partial charge on any atom is -0.398 e. The zero-order chi connectivity index (χ0) is 15.6. The van der Waals surface area contributed by atoms with Gasteiger partial charge in [-0.05, 0) is 30.7 Å². The van der Waals surface area contributed by atoms with E-state index in [2.05, 4.69) is 0 Å². The van der Waals surface area contributed by atoms with Gasteiger partial charge in [0.25, 0.3) is 0 Å². The Balaban J connectivity index is 2.28. The van der Waals surface area contributed by atoms with Crippen molar-refractivity contribution in [1.29, 1.82) is 0 Å². The van der Waals surface area contributed by atoms with E-state index in [-0.39, 0.29) is 16.9 Å². The van der Waals surface area contributed by atoms with Crippen LogP contribution in [-0.4, -0.2) is 10.1 Å². The Labute approximate surface area is 124 Å². The van der Waals surface area contributed by atoms with E-state index in [0.29, 0.717) is 10.6 Å². The van der Waals surface area contributed by atoms with Crippen molar-refractivity contribution in [3.05, 3.63) is 58.9 Å². The van der Waals surface area contributed by atoms with Gasteiger partial charge < -0.3 is 11.5 Å². The molecule has 0 saturated heterocycles. The summed E-state index contributed by atoms with van der Waals surface area (Å²) < 4.78 is 26.2. The molecule has 0 aliphatic heterocycles. The molecular weight excluding hydrogens is 291 g/mol. The van der Waals surface area contributed by atoms with E-state index in [4.69, 9.17) is 11.5 Å². The maximum Gasteiger partial charge on any atom is 0.248 e. The first-order valence-corrected chi connectivity index (χ1v) is 7.53. The summed E-state index contributed by atoms with van der Waals surface area (Å²) in [6, 6.07) is 9.11. The highest BCUT2D eigenvalue weighted by Crippen LogP contribution is 2.23. The van der Waals surface area contributed by atoms with Gasteiger partial charge in [0, 0.05) is 11.1 Å². The summed E-state index contributed by atoms with van der Waals surface area (Å²) in [6.07, 6.45) is 0. The topological polar surface area (TPSA) is 86.2 Å². The molecule has 2 aromatic carbocycles. The largest absolute Gasteiger partial charge is 0.398 e. The van der Waals surface area contributed by atoms with Crippen molar-refractivity contribution < 1.29 is 13.4 Å². The number of amides is 1. The Morgan fingerprint density at radius 2 is 2.00 bits per heavy atom. The molecule has 1 amide bonds. The van der Waals surface area contributed by atoms with Crippen molar-refractivity contribution in [1.82, 2.24) is 0 Å². The molecule has 2 aromatic rings. The Morgan fingerprint density at radius 3 is 2.62 bits per heavy atom. The molecule has 1 unspecified atom stereocenters. The Bertz CT molecular complexity index is 732. The highest BCUT2D eigenvalue weighted by atomic mass is 32.2. The predicted octanol–water partition coefficient (Wildman–Crippen LogP) is 2.12. The van der Waals surface area contributed by atoms with E-state index in [1.807, 2.05) is 13.0 Å².